The van der Waals surface area contributed by atoms with Gasteiger partial charge < -0.3 is 14.8 Å². The van der Waals surface area contributed by atoms with Crippen LogP contribution in [0.1, 0.15) is 53.3 Å². The molecule has 23 heteroatoms. The lowest BCUT2D eigenvalue weighted by atomic mass is 9.89. The molecule has 0 aliphatic carbocycles. The summed E-state index contributed by atoms with van der Waals surface area (Å²) in [6.07, 6.45) is -6.00. The molecule has 0 aliphatic rings. The largest absolute Gasteiger partial charge is 0.462 e. The van der Waals surface area contributed by atoms with Crippen LogP contribution in [0.5, 0.6) is 0 Å². The molecule has 1 aromatic rings. The van der Waals surface area contributed by atoms with Gasteiger partial charge in [0.15, 0.2) is 0 Å². The minimum atomic E-state index is -8.70. The van der Waals surface area contributed by atoms with E-state index in [0.717, 1.165) is 13.8 Å². The highest BCUT2D eigenvalue weighted by Gasteiger charge is 2.94. The zero-order valence-electron chi connectivity index (χ0n) is 22.8. The molecule has 0 saturated heterocycles. The Morgan fingerprint density at radius 3 is 1.56 bits per heavy atom. The predicted octanol–water partition coefficient (Wildman–Crippen LogP) is 7.84. The van der Waals surface area contributed by atoms with Gasteiger partial charge >= 0.3 is 65.7 Å². The number of halogens is 16. The topological polar surface area (TPSA) is 81.7 Å². The van der Waals surface area contributed by atoms with Crippen molar-refractivity contribution in [1.29, 1.82) is 0 Å². The second-order valence-electron chi connectivity index (χ2n) is 9.81. The van der Waals surface area contributed by atoms with Gasteiger partial charge in [-0.25, -0.2) is 18.4 Å². The Hall–Kier alpha value is -3.01. The first-order valence-corrected chi connectivity index (χ1v) is 12.3. The van der Waals surface area contributed by atoms with Crippen LogP contribution >= 0.6 is 11.3 Å². The number of hydrogen-bond donors (Lipinski definition) is 1. The first kappa shape index (κ1) is 40.0. The van der Waals surface area contributed by atoms with Crippen LogP contribution in [0.25, 0.3) is 0 Å². The summed E-state index contributed by atoms with van der Waals surface area (Å²) in [5.74, 6) is -64.1. The van der Waals surface area contributed by atoms with Crippen LogP contribution in [0.2, 0.25) is 0 Å². The Morgan fingerprint density at radius 1 is 0.733 bits per heavy atom. The Bertz CT molecular complexity index is 1300. The molecule has 260 valence electrons. The fourth-order valence-corrected chi connectivity index (χ4v) is 4.10. The molecule has 0 radical (unpaired) electrons. The van der Waals surface area contributed by atoms with Crippen molar-refractivity contribution in [3.05, 3.63) is 16.0 Å². The molecule has 0 aliphatic heterocycles. The van der Waals surface area contributed by atoms with Crippen molar-refractivity contribution in [2.24, 2.45) is 0 Å². The van der Waals surface area contributed by atoms with E-state index >= 15 is 0 Å². The molecule has 1 heterocycles. The molecule has 45 heavy (non-hydrogen) atoms. The van der Waals surface area contributed by atoms with E-state index in [0.29, 0.717) is 5.32 Å². The molecule has 0 saturated carbocycles. The molecular formula is C22H19F16NO5S. The van der Waals surface area contributed by atoms with E-state index in [1.807, 2.05) is 0 Å². The lowest BCUT2D eigenvalue weighted by Crippen LogP contribution is -2.74. The van der Waals surface area contributed by atoms with Crippen molar-refractivity contribution in [3.63, 3.8) is 0 Å². The monoisotopic (exact) mass is 713 g/mol. The first-order valence-electron chi connectivity index (χ1n) is 11.5. The highest BCUT2D eigenvalue weighted by molar-refractivity contribution is 7.18. The predicted molar refractivity (Wildman–Crippen MR) is 119 cm³/mol. The van der Waals surface area contributed by atoms with Crippen molar-refractivity contribution >= 4 is 34.2 Å². The van der Waals surface area contributed by atoms with Gasteiger partial charge in [-0.05, 0) is 40.2 Å². The van der Waals surface area contributed by atoms with E-state index in [-0.39, 0.29) is 11.3 Å². The number of nitrogens with one attached hydrogen (secondary N) is 1. The number of ether oxygens (including phenoxy) is 2. The third-order valence-corrected chi connectivity index (χ3v) is 6.57. The maximum atomic E-state index is 14.4. The molecule has 0 spiro atoms. The van der Waals surface area contributed by atoms with Crippen LogP contribution in [0.3, 0.4) is 0 Å². The summed E-state index contributed by atoms with van der Waals surface area (Å²) in [4.78, 5) is 36.1. The van der Waals surface area contributed by atoms with Gasteiger partial charge in [0, 0.05) is 0 Å². The maximum Gasteiger partial charge on any atom is 0.393 e. The zero-order valence-corrected chi connectivity index (χ0v) is 23.6. The van der Waals surface area contributed by atoms with E-state index in [4.69, 9.17) is 4.74 Å². The third kappa shape index (κ3) is 6.36. The number of anilines is 1. The normalized spacial score (nSPS) is 14.4. The quantitative estimate of drug-likeness (QED) is 0.177. The van der Waals surface area contributed by atoms with E-state index in [1.165, 1.54) is 20.8 Å². The van der Waals surface area contributed by atoms with E-state index < -0.39 is 98.9 Å². The summed E-state index contributed by atoms with van der Waals surface area (Å²) < 4.78 is 227. The Morgan fingerprint density at radius 2 is 1.16 bits per heavy atom. The van der Waals surface area contributed by atoms with Crippen LogP contribution in [-0.4, -0.2) is 77.9 Å². The number of thiophene rings is 1. The van der Waals surface area contributed by atoms with Gasteiger partial charge in [0.25, 0.3) is 0 Å². The summed E-state index contributed by atoms with van der Waals surface area (Å²) in [5, 5.41) is -0.678. The van der Waals surface area contributed by atoms with Crippen molar-refractivity contribution in [2.75, 3.05) is 11.9 Å². The van der Waals surface area contributed by atoms with Gasteiger partial charge in [-0.2, -0.15) is 61.5 Å². The van der Waals surface area contributed by atoms with Crippen molar-refractivity contribution in [3.8, 4) is 0 Å². The zero-order chi connectivity index (χ0) is 36.2. The van der Waals surface area contributed by atoms with E-state index in [2.05, 4.69) is 4.74 Å². The molecular weight excluding hydrogens is 694 g/mol. The Balaban J connectivity index is 3.74. The van der Waals surface area contributed by atoms with Crippen molar-refractivity contribution < 1.29 is 94.1 Å². The van der Waals surface area contributed by atoms with Gasteiger partial charge in [-0.15, -0.1) is 11.3 Å². The van der Waals surface area contributed by atoms with Gasteiger partial charge in [0.2, 0.25) is 0 Å². The number of amides is 1. The molecule has 0 fully saturated rings. The molecule has 1 aromatic heterocycles. The summed E-state index contributed by atoms with van der Waals surface area (Å²) in [5.41, 5.74) is -2.95. The number of hydrogen-bond acceptors (Lipinski definition) is 6. The molecule has 1 rings (SSSR count). The number of carbonyl (C=O) groups excluding carboxylic acids is 3. The number of rotatable bonds is 12. The molecule has 6 nitrogen and oxygen atoms in total. The van der Waals surface area contributed by atoms with Gasteiger partial charge in [0.05, 0.1) is 12.2 Å². The molecule has 1 amide bonds. The summed E-state index contributed by atoms with van der Waals surface area (Å²) in [6.45, 7) is 5.42. The van der Waals surface area contributed by atoms with Crippen LogP contribution in [0.15, 0.2) is 0 Å². The van der Waals surface area contributed by atoms with Crippen LogP contribution in [0, 0.1) is 6.92 Å². The Kier molecular flexibility index (Phi) is 10.6. The van der Waals surface area contributed by atoms with E-state index in [1.54, 1.807) is 0 Å². The summed E-state index contributed by atoms with van der Waals surface area (Å²) >= 11 is -0.224. The van der Waals surface area contributed by atoms with Crippen molar-refractivity contribution in [1.82, 2.24) is 0 Å². The average Bonchev–Trinajstić information content (AvgIpc) is 3.17. The second kappa shape index (κ2) is 12.0. The lowest BCUT2D eigenvalue weighted by molar-refractivity contribution is -0.443. The molecule has 0 atom stereocenters. The van der Waals surface area contributed by atoms with Gasteiger partial charge in [-0.3, -0.25) is 4.79 Å². The fourth-order valence-electron chi connectivity index (χ4n) is 3.03. The second-order valence-corrected chi connectivity index (χ2v) is 10.8. The number of carbonyl (C=O) groups is 3. The summed E-state index contributed by atoms with van der Waals surface area (Å²) in [7, 11) is 0. The SMILES string of the molecule is CCOC(=O)c1c(NC(=O)C(F)(F)C(F)(F)C(F)(F)C(F)(F)C(F)(F)C(F)(F)C(F)(F)C(F)F)sc(C(=O)OC(C)(C)C)c1C. The smallest absolute Gasteiger partial charge is 0.393 e. The van der Waals surface area contributed by atoms with Crippen LogP contribution in [-0.2, 0) is 14.3 Å². The molecule has 1 N–H and O–H groups in total. The summed E-state index contributed by atoms with van der Waals surface area (Å²) in [6, 6.07) is 0. The average molecular weight is 713 g/mol. The van der Waals surface area contributed by atoms with Gasteiger partial charge in [-0.1, -0.05) is 0 Å². The van der Waals surface area contributed by atoms with Crippen molar-refractivity contribution in [2.45, 2.75) is 88.1 Å². The molecule has 0 bridgehead atoms. The highest BCUT2D eigenvalue weighted by atomic mass is 32.1. The standard InChI is InChI=1S/C22H19F16NO5S/c1-6-43-11(40)8-7(2)9(12(41)44-15(3,4)5)45-10(8)39-14(42)17(27,28)19(31,32)21(35,36)22(37,38)20(33,34)18(29,30)16(25,26)13(23)24/h13H,6H2,1-5H3,(H,39,42). The minimum Gasteiger partial charge on any atom is -0.462 e. The lowest BCUT2D eigenvalue weighted by Gasteiger charge is -2.42. The minimum absolute atomic E-state index is 0.224. The highest BCUT2D eigenvalue weighted by Crippen LogP contribution is 2.63. The van der Waals surface area contributed by atoms with Gasteiger partial charge in [0.1, 0.15) is 15.5 Å². The number of esters is 2. The number of alkyl halides is 16. The fraction of sp³-hybridized carbons (Fsp3) is 0.682. The third-order valence-electron chi connectivity index (χ3n) is 5.39. The Labute approximate surface area is 245 Å². The molecule has 0 aromatic carbocycles. The molecule has 0 unspecified atom stereocenters. The van der Waals surface area contributed by atoms with E-state index in [9.17, 15) is 84.6 Å². The van der Waals surface area contributed by atoms with Crippen LogP contribution < -0.4 is 5.32 Å². The first-order chi connectivity index (χ1) is 19.7. The maximum absolute atomic E-state index is 14.4. The van der Waals surface area contributed by atoms with Crippen LogP contribution in [0.4, 0.5) is 75.2 Å².